The highest BCUT2D eigenvalue weighted by molar-refractivity contribution is 8.15. The maximum atomic E-state index is 12.5. The third-order valence-corrected chi connectivity index (χ3v) is 6.96. The van der Waals surface area contributed by atoms with E-state index in [0.29, 0.717) is 17.8 Å². The molecule has 0 radical (unpaired) electrons. The SMILES string of the molecule is COc1cccc(CNC(=O)c2ccc(NC(=O)C[C@@H]3SC(N4CCCCC4)=NC3=O)cc2)c1. The van der Waals surface area contributed by atoms with Crippen molar-refractivity contribution in [3.63, 3.8) is 0 Å². The molecule has 1 atom stereocenters. The number of anilines is 1. The summed E-state index contributed by atoms with van der Waals surface area (Å²) in [4.78, 5) is 43.5. The van der Waals surface area contributed by atoms with Crippen LogP contribution in [0.15, 0.2) is 53.5 Å². The topological polar surface area (TPSA) is 100 Å². The van der Waals surface area contributed by atoms with Crippen molar-refractivity contribution in [2.24, 2.45) is 4.99 Å². The van der Waals surface area contributed by atoms with Gasteiger partial charge in [0.05, 0.1) is 7.11 Å². The molecule has 0 aromatic heterocycles. The van der Waals surface area contributed by atoms with E-state index in [-0.39, 0.29) is 24.1 Å². The van der Waals surface area contributed by atoms with Crippen molar-refractivity contribution in [2.45, 2.75) is 37.5 Å². The number of carbonyl (C=O) groups excluding carboxylic acids is 3. The van der Waals surface area contributed by atoms with Gasteiger partial charge in [0.25, 0.3) is 11.8 Å². The minimum absolute atomic E-state index is 0.0626. The molecule has 2 N–H and O–H groups in total. The monoisotopic (exact) mass is 480 g/mol. The maximum Gasteiger partial charge on any atom is 0.262 e. The molecule has 8 nitrogen and oxygen atoms in total. The van der Waals surface area contributed by atoms with Gasteiger partial charge in [0.1, 0.15) is 11.0 Å². The van der Waals surface area contributed by atoms with E-state index in [9.17, 15) is 14.4 Å². The number of amides is 3. The number of hydrogen-bond donors (Lipinski definition) is 2. The standard InChI is InChI=1S/C25H28N4O4S/c1-33-20-7-5-6-17(14-20)16-26-23(31)18-8-10-19(11-9-18)27-22(30)15-21-24(32)28-25(34-21)29-12-3-2-4-13-29/h5-11,14,21H,2-4,12-13,15-16H2,1H3,(H,26,31)(H,27,30)/t21-/m0/s1. The van der Waals surface area contributed by atoms with Gasteiger partial charge in [0.15, 0.2) is 5.17 Å². The summed E-state index contributed by atoms with van der Waals surface area (Å²) in [7, 11) is 1.60. The van der Waals surface area contributed by atoms with Gasteiger partial charge in [-0.15, -0.1) is 0 Å². The number of nitrogens with one attached hydrogen (secondary N) is 2. The molecule has 9 heteroatoms. The summed E-state index contributed by atoms with van der Waals surface area (Å²) in [5, 5.41) is 5.93. The molecule has 0 saturated carbocycles. The lowest BCUT2D eigenvalue weighted by atomic mass is 10.1. The van der Waals surface area contributed by atoms with Crippen LogP contribution in [0.1, 0.15) is 41.6 Å². The zero-order valence-corrected chi connectivity index (χ0v) is 19.9. The fraction of sp³-hybridized carbons (Fsp3) is 0.360. The number of benzene rings is 2. The van der Waals surface area contributed by atoms with Crippen molar-refractivity contribution in [3.8, 4) is 5.75 Å². The summed E-state index contributed by atoms with van der Waals surface area (Å²) < 4.78 is 5.20. The first-order chi connectivity index (χ1) is 16.5. The third-order valence-electron chi connectivity index (χ3n) is 5.74. The number of hydrogen-bond acceptors (Lipinski definition) is 6. The summed E-state index contributed by atoms with van der Waals surface area (Å²) in [5.74, 6) is 0.0230. The fourth-order valence-corrected chi connectivity index (χ4v) is 5.00. The Morgan fingerprint density at radius 3 is 2.62 bits per heavy atom. The number of piperidine rings is 1. The van der Waals surface area contributed by atoms with E-state index in [1.807, 2.05) is 24.3 Å². The lowest BCUT2D eigenvalue weighted by molar-refractivity contribution is -0.121. The van der Waals surface area contributed by atoms with E-state index in [2.05, 4.69) is 20.5 Å². The summed E-state index contributed by atoms with van der Waals surface area (Å²) in [5.41, 5.74) is 1.99. The van der Waals surface area contributed by atoms with Gasteiger partial charge >= 0.3 is 0 Å². The van der Waals surface area contributed by atoms with Crippen molar-refractivity contribution in [2.75, 3.05) is 25.5 Å². The molecule has 0 unspecified atom stereocenters. The Balaban J connectivity index is 1.25. The average Bonchev–Trinajstić information content (AvgIpc) is 3.23. The quantitative estimate of drug-likeness (QED) is 0.630. The fourth-order valence-electron chi connectivity index (χ4n) is 3.88. The van der Waals surface area contributed by atoms with Gasteiger partial charge in [-0.2, -0.15) is 4.99 Å². The van der Waals surface area contributed by atoms with Crippen LogP contribution < -0.4 is 15.4 Å². The predicted molar refractivity (Wildman–Crippen MR) is 133 cm³/mol. The molecule has 178 valence electrons. The van der Waals surface area contributed by atoms with Gasteiger partial charge in [0.2, 0.25) is 5.91 Å². The van der Waals surface area contributed by atoms with Gasteiger partial charge in [-0.25, -0.2) is 0 Å². The van der Waals surface area contributed by atoms with Gasteiger partial charge in [-0.05, 0) is 61.2 Å². The second-order valence-electron chi connectivity index (χ2n) is 8.25. The Labute approximate surface area is 203 Å². The molecule has 34 heavy (non-hydrogen) atoms. The number of rotatable bonds is 7. The Morgan fingerprint density at radius 1 is 1.12 bits per heavy atom. The van der Waals surface area contributed by atoms with E-state index in [4.69, 9.17) is 4.74 Å². The second kappa shape index (κ2) is 11.2. The third kappa shape index (κ3) is 6.17. The zero-order chi connectivity index (χ0) is 23.9. The van der Waals surface area contributed by atoms with E-state index >= 15 is 0 Å². The Bertz CT molecular complexity index is 1080. The van der Waals surface area contributed by atoms with Crippen LogP contribution in [0.3, 0.4) is 0 Å². The number of carbonyl (C=O) groups is 3. The minimum Gasteiger partial charge on any atom is -0.497 e. The van der Waals surface area contributed by atoms with Gasteiger partial charge in [0, 0.05) is 37.3 Å². The Kier molecular flexibility index (Phi) is 7.84. The highest BCUT2D eigenvalue weighted by Crippen LogP contribution is 2.29. The highest BCUT2D eigenvalue weighted by Gasteiger charge is 2.33. The van der Waals surface area contributed by atoms with Crippen LogP contribution >= 0.6 is 11.8 Å². The van der Waals surface area contributed by atoms with Crippen molar-refractivity contribution >= 4 is 40.3 Å². The minimum atomic E-state index is -0.487. The number of likely N-dealkylation sites (tertiary alicyclic amines) is 1. The second-order valence-corrected chi connectivity index (χ2v) is 9.42. The summed E-state index contributed by atoms with van der Waals surface area (Å²) in [6.45, 7) is 2.21. The number of thioether (sulfide) groups is 1. The average molecular weight is 481 g/mol. The van der Waals surface area contributed by atoms with E-state index in [0.717, 1.165) is 42.4 Å². The van der Waals surface area contributed by atoms with Crippen LogP contribution in [0.4, 0.5) is 5.69 Å². The van der Waals surface area contributed by atoms with Crippen LogP contribution in [0.5, 0.6) is 5.75 Å². The number of aliphatic imine (C=N–C) groups is 1. The predicted octanol–water partition coefficient (Wildman–Crippen LogP) is 3.44. The van der Waals surface area contributed by atoms with Gasteiger partial charge < -0.3 is 20.3 Å². The molecule has 1 fully saturated rings. The number of amidine groups is 1. The molecule has 0 bridgehead atoms. The van der Waals surface area contributed by atoms with Crippen LogP contribution in [-0.4, -0.2) is 53.2 Å². The molecule has 1 saturated heterocycles. The van der Waals surface area contributed by atoms with Crippen LogP contribution in [0.25, 0.3) is 0 Å². The Hall–Kier alpha value is -3.33. The molecule has 0 spiro atoms. The lowest BCUT2D eigenvalue weighted by Gasteiger charge is -2.27. The number of nitrogens with zero attached hydrogens (tertiary/aromatic N) is 2. The van der Waals surface area contributed by atoms with Gasteiger partial charge in [-0.3, -0.25) is 14.4 Å². The smallest absolute Gasteiger partial charge is 0.262 e. The largest absolute Gasteiger partial charge is 0.497 e. The normalized spacial score (nSPS) is 17.8. The first-order valence-electron chi connectivity index (χ1n) is 11.4. The van der Waals surface area contributed by atoms with E-state index in [1.54, 1.807) is 31.4 Å². The van der Waals surface area contributed by atoms with Crippen LogP contribution in [0.2, 0.25) is 0 Å². The molecular formula is C25H28N4O4S. The van der Waals surface area contributed by atoms with Crippen molar-refractivity contribution in [1.82, 2.24) is 10.2 Å². The lowest BCUT2D eigenvalue weighted by Crippen LogP contribution is -2.33. The highest BCUT2D eigenvalue weighted by atomic mass is 32.2. The van der Waals surface area contributed by atoms with Crippen molar-refractivity contribution in [1.29, 1.82) is 0 Å². The Morgan fingerprint density at radius 2 is 1.88 bits per heavy atom. The summed E-state index contributed by atoms with van der Waals surface area (Å²) in [6.07, 6.45) is 3.48. The van der Waals surface area contributed by atoms with Gasteiger partial charge in [-0.1, -0.05) is 23.9 Å². The first kappa shape index (κ1) is 23.8. The summed E-state index contributed by atoms with van der Waals surface area (Å²) in [6, 6.07) is 14.2. The molecule has 2 heterocycles. The molecule has 2 aliphatic rings. The first-order valence-corrected chi connectivity index (χ1v) is 12.2. The number of ether oxygens (including phenoxy) is 1. The summed E-state index contributed by atoms with van der Waals surface area (Å²) >= 11 is 1.38. The molecule has 2 aromatic carbocycles. The maximum absolute atomic E-state index is 12.5. The van der Waals surface area contributed by atoms with E-state index < -0.39 is 5.25 Å². The van der Waals surface area contributed by atoms with Crippen molar-refractivity contribution in [3.05, 3.63) is 59.7 Å². The molecule has 4 rings (SSSR count). The molecule has 2 aliphatic heterocycles. The molecule has 2 aromatic rings. The molecule has 0 aliphatic carbocycles. The molecule has 3 amide bonds. The van der Waals surface area contributed by atoms with Crippen LogP contribution in [0, 0.1) is 0 Å². The zero-order valence-electron chi connectivity index (χ0n) is 19.1. The van der Waals surface area contributed by atoms with Crippen molar-refractivity contribution < 1.29 is 19.1 Å². The number of methoxy groups -OCH3 is 1. The van der Waals surface area contributed by atoms with Crippen LogP contribution in [-0.2, 0) is 16.1 Å². The molecular weight excluding hydrogens is 452 g/mol. The van der Waals surface area contributed by atoms with E-state index in [1.165, 1.54) is 18.2 Å².